The highest BCUT2D eigenvalue weighted by atomic mass is 32.1. The van der Waals surface area contributed by atoms with Gasteiger partial charge >= 0.3 is 0 Å². The molecular weight excluding hydrogens is 322 g/mol. The quantitative estimate of drug-likeness (QED) is 0.718. The van der Waals surface area contributed by atoms with Gasteiger partial charge in [-0.15, -0.1) is 11.3 Å². The first-order chi connectivity index (χ1) is 11.7. The molecule has 3 aromatic heterocycles. The Labute approximate surface area is 143 Å². The number of fused-ring (bicyclic) bond motifs is 2. The number of pyridine rings is 1. The molecule has 124 valence electrons. The first kappa shape index (κ1) is 15.3. The van der Waals surface area contributed by atoms with Crippen LogP contribution in [0.3, 0.4) is 0 Å². The number of hydrogen-bond donors (Lipinski definition) is 0. The van der Waals surface area contributed by atoms with Gasteiger partial charge in [-0.2, -0.15) is 0 Å². The first-order valence-corrected chi connectivity index (χ1v) is 9.22. The van der Waals surface area contributed by atoms with Crippen molar-refractivity contribution in [2.75, 3.05) is 6.54 Å². The van der Waals surface area contributed by atoms with Crippen LogP contribution >= 0.6 is 11.3 Å². The molecule has 0 aliphatic carbocycles. The largest absolute Gasteiger partial charge is 0.335 e. The Morgan fingerprint density at radius 2 is 2.25 bits per heavy atom. The van der Waals surface area contributed by atoms with Gasteiger partial charge in [0, 0.05) is 18.8 Å². The molecule has 1 fully saturated rings. The van der Waals surface area contributed by atoms with E-state index in [-0.39, 0.29) is 11.5 Å². The van der Waals surface area contributed by atoms with Gasteiger partial charge in [0.15, 0.2) is 0 Å². The zero-order valence-electron chi connectivity index (χ0n) is 13.6. The fraction of sp³-hybridized carbons (Fsp3) is 0.389. The van der Waals surface area contributed by atoms with Gasteiger partial charge in [0.05, 0.1) is 10.3 Å². The Balaban J connectivity index is 1.80. The molecule has 1 aliphatic rings. The van der Waals surface area contributed by atoms with Crippen LogP contribution in [0.15, 0.2) is 35.3 Å². The number of piperidine rings is 1. The van der Waals surface area contributed by atoms with E-state index in [1.54, 1.807) is 24.4 Å². The third kappa shape index (κ3) is 2.41. The van der Waals surface area contributed by atoms with Gasteiger partial charge in [-0.1, -0.05) is 13.0 Å². The van der Waals surface area contributed by atoms with Crippen LogP contribution < -0.4 is 5.56 Å². The number of carbonyl (C=O) groups excluding carboxylic acids is 1. The molecular formula is C18H19N3O2S. The smallest absolute Gasteiger partial charge is 0.266 e. The number of aromatic nitrogens is 2. The summed E-state index contributed by atoms with van der Waals surface area (Å²) < 4.78 is 1.53. The van der Waals surface area contributed by atoms with Crippen LogP contribution in [0.1, 0.15) is 42.3 Å². The Kier molecular flexibility index (Phi) is 3.84. The summed E-state index contributed by atoms with van der Waals surface area (Å²) in [6.07, 6.45) is 5.99. The van der Waals surface area contributed by atoms with E-state index in [0.717, 1.165) is 25.8 Å². The molecule has 5 nitrogen and oxygen atoms in total. The summed E-state index contributed by atoms with van der Waals surface area (Å²) in [6, 6.07) is 7.50. The molecule has 1 amide bonds. The molecule has 0 spiro atoms. The monoisotopic (exact) mass is 341 g/mol. The summed E-state index contributed by atoms with van der Waals surface area (Å²) in [4.78, 5) is 33.3. The van der Waals surface area contributed by atoms with Crippen LogP contribution in [0.25, 0.3) is 15.9 Å². The van der Waals surface area contributed by atoms with E-state index in [0.29, 0.717) is 26.8 Å². The van der Waals surface area contributed by atoms with Gasteiger partial charge in [0.2, 0.25) is 0 Å². The standard InChI is InChI=1S/C18H19N3O2S/c1-2-12-7-3-5-9-20(12)18(23)14-11-13-16(24-14)19-15-8-4-6-10-21(15)17(13)22/h4,6,8,10-12H,2-3,5,7,9H2,1H3. The third-order valence-electron chi connectivity index (χ3n) is 4.79. The number of likely N-dealkylation sites (tertiary alicyclic amines) is 1. The second kappa shape index (κ2) is 6.02. The van der Waals surface area contributed by atoms with E-state index in [2.05, 4.69) is 11.9 Å². The number of amides is 1. The molecule has 1 aliphatic heterocycles. The number of rotatable bonds is 2. The molecule has 6 heteroatoms. The summed E-state index contributed by atoms with van der Waals surface area (Å²) >= 11 is 1.32. The predicted molar refractivity (Wildman–Crippen MR) is 95.8 cm³/mol. The van der Waals surface area contributed by atoms with E-state index in [1.165, 1.54) is 22.2 Å². The molecule has 0 N–H and O–H groups in total. The van der Waals surface area contributed by atoms with Crippen LogP contribution in [0, 0.1) is 0 Å². The summed E-state index contributed by atoms with van der Waals surface area (Å²) in [5.74, 6) is 0.0398. The highest BCUT2D eigenvalue weighted by Crippen LogP contribution is 2.27. The summed E-state index contributed by atoms with van der Waals surface area (Å²) in [5, 5.41) is 0.525. The van der Waals surface area contributed by atoms with Gasteiger partial charge in [-0.05, 0) is 43.9 Å². The van der Waals surface area contributed by atoms with Gasteiger partial charge in [-0.25, -0.2) is 4.98 Å². The van der Waals surface area contributed by atoms with Crippen molar-refractivity contribution in [3.8, 4) is 0 Å². The minimum Gasteiger partial charge on any atom is -0.335 e. The van der Waals surface area contributed by atoms with Crippen LogP contribution in [0.5, 0.6) is 0 Å². The highest BCUT2D eigenvalue weighted by molar-refractivity contribution is 7.20. The molecule has 24 heavy (non-hydrogen) atoms. The van der Waals surface area contributed by atoms with Crippen molar-refractivity contribution in [1.82, 2.24) is 14.3 Å². The van der Waals surface area contributed by atoms with Crippen LogP contribution in [-0.4, -0.2) is 32.8 Å². The Morgan fingerprint density at radius 1 is 1.38 bits per heavy atom. The second-order valence-electron chi connectivity index (χ2n) is 6.23. The van der Waals surface area contributed by atoms with Gasteiger partial charge < -0.3 is 4.90 Å². The van der Waals surface area contributed by atoms with Crippen molar-refractivity contribution in [3.05, 3.63) is 45.7 Å². The van der Waals surface area contributed by atoms with E-state index >= 15 is 0 Å². The van der Waals surface area contributed by atoms with Crippen molar-refractivity contribution >= 4 is 33.1 Å². The first-order valence-electron chi connectivity index (χ1n) is 8.41. The van der Waals surface area contributed by atoms with Crippen molar-refractivity contribution in [1.29, 1.82) is 0 Å². The number of nitrogens with zero attached hydrogens (tertiary/aromatic N) is 3. The Bertz CT molecular complexity index is 975. The minimum absolute atomic E-state index is 0.0398. The van der Waals surface area contributed by atoms with E-state index < -0.39 is 0 Å². The molecule has 0 aromatic carbocycles. The van der Waals surface area contributed by atoms with Crippen LogP contribution in [-0.2, 0) is 0 Å². The maximum absolute atomic E-state index is 12.9. The molecule has 0 bridgehead atoms. The lowest BCUT2D eigenvalue weighted by atomic mass is 10.00. The van der Waals surface area contributed by atoms with Gasteiger partial charge in [-0.3, -0.25) is 14.0 Å². The molecule has 1 unspecified atom stereocenters. The molecule has 1 atom stereocenters. The predicted octanol–water partition coefficient (Wildman–Crippen LogP) is 3.31. The zero-order valence-corrected chi connectivity index (χ0v) is 14.4. The Hall–Kier alpha value is -2.21. The lowest BCUT2D eigenvalue weighted by Crippen LogP contribution is -2.43. The molecule has 4 rings (SSSR count). The third-order valence-corrected chi connectivity index (χ3v) is 5.80. The lowest BCUT2D eigenvalue weighted by Gasteiger charge is -2.34. The number of thiophene rings is 1. The van der Waals surface area contributed by atoms with Crippen molar-refractivity contribution in [2.24, 2.45) is 0 Å². The Morgan fingerprint density at radius 3 is 3.08 bits per heavy atom. The van der Waals surface area contributed by atoms with E-state index in [1.807, 2.05) is 11.0 Å². The summed E-state index contributed by atoms with van der Waals surface area (Å²) in [7, 11) is 0. The fourth-order valence-corrected chi connectivity index (χ4v) is 4.47. The fourth-order valence-electron chi connectivity index (χ4n) is 3.49. The normalized spacial score (nSPS) is 18.4. The van der Waals surface area contributed by atoms with Crippen molar-refractivity contribution in [3.63, 3.8) is 0 Å². The lowest BCUT2D eigenvalue weighted by molar-refractivity contribution is 0.0613. The van der Waals surface area contributed by atoms with Crippen molar-refractivity contribution in [2.45, 2.75) is 38.6 Å². The van der Waals surface area contributed by atoms with Gasteiger partial charge in [0.1, 0.15) is 10.5 Å². The van der Waals surface area contributed by atoms with E-state index in [4.69, 9.17) is 0 Å². The SMILES string of the molecule is CCC1CCCCN1C(=O)c1cc2c(=O)n3ccccc3nc2s1. The van der Waals surface area contributed by atoms with Crippen LogP contribution in [0.4, 0.5) is 0 Å². The van der Waals surface area contributed by atoms with Crippen molar-refractivity contribution < 1.29 is 4.79 Å². The molecule has 0 saturated carbocycles. The number of hydrogen-bond acceptors (Lipinski definition) is 4. The topological polar surface area (TPSA) is 54.7 Å². The van der Waals surface area contributed by atoms with E-state index in [9.17, 15) is 9.59 Å². The number of carbonyl (C=O) groups is 1. The summed E-state index contributed by atoms with van der Waals surface area (Å²) in [5.41, 5.74) is 0.497. The van der Waals surface area contributed by atoms with Crippen LogP contribution in [0.2, 0.25) is 0 Å². The maximum atomic E-state index is 12.9. The average molecular weight is 341 g/mol. The molecule has 0 radical (unpaired) electrons. The highest BCUT2D eigenvalue weighted by Gasteiger charge is 2.27. The van der Waals surface area contributed by atoms with Gasteiger partial charge in [0.25, 0.3) is 11.5 Å². The average Bonchev–Trinajstić information content (AvgIpc) is 3.05. The molecule has 3 aromatic rings. The zero-order chi connectivity index (χ0) is 16.7. The second-order valence-corrected chi connectivity index (χ2v) is 7.26. The minimum atomic E-state index is -0.114. The molecule has 4 heterocycles. The molecule has 1 saturated heterocycles. The summed E-state index contributed by atoms with van der Waals surface area (Å²) in [6.45, 7) is 2.93. The maximum Gasteiger partial charge on any atom is 0.266 e.